The number of rotatable bonds is 10. The van der Waals surface area contributed by atoms with Gasteiger partial charge in [-0.2, -0.15) is 0 Å². The van der Waals surface area contributed by atoms with Crippen LogP contribution in [0, 0.1) is 11.8 Å². The molecular weight excluding hydrogens is 314 g/mol. The molecule has 0 radical (unpaired) electrons. The van der Waals surface area contributed by atoms with E-state index in [-0.39, 0.29) is 36.9 Å². The van der Waals surface area contributed by atoms with Gasteiger partial charge in [0.25, 0.3) is 5.92 Å². The van der Waals surface area contributed by atoms with Gasteiger partial charge in [0.05, 0.1) is 12.2 Å². The summed E-state index contributed by atoms with van der Waals surface area (Å²) in [7, 11) is 0. The summed E-state index contributed by atoms with van der Waals surface area (Å²) in [6.45, 7) is 4.73. The van der Waals surface area contributed by atoms with E-state index in [1.807, 2.05) is 13.0 Å². The average Bonchev–Trinajstić information content (AvgIpc) is 3.03. The SMILES string of the molecule is CCCCO[C@@H]1C[C@@H]2OC(O)C[C@@H]2[C@H]1/C=C/CC(F)(F)CCCC. The van der Waals surface area contributed by atoms with Crippen LogP contribution in [0.4, 0.5) is 8.78 Å². The molecule has 0 aromatic rings. The molecule has 5 heteroatoms. The third-order valence-corrected chi connectivity index (χ3v) is 5.17. The largest absolute Gasteiger partial charge is 0.377 e. The van der Waals surface area contributed by atoms with Gasteiger partial charge in [-0.15, -0.1) is 0 Å². The molecule has 1 N–H and O–H groups in total. The molecule has 2 rings (SSSR count). The number of fused-ring (bicyclic) bond motifs is 1. The number of alkyl halides is 2. The summed E-state index contributed by atoms with van der Waals surface area (Å²) in [5.74, 6) is -2.40. The molecule has 1 unspecified atom stereocenters. The maximum Gasteiger partial charge on any atom is 0.251 e. The van der Waals surface area contributed by atoms with Crippen molar-refractivity contribution < 1.29 is 23.4 Å². The Morgan fingerprint density at radius 1 is 1.21 bits per heavy atom. The third kappa shape index (κ3) is 5.50. The number of unbranched alkanes of at least 4 members (excludes halogenated alkanes) is 2. The highest BCUT2D eigenvalue weighted by Gasteiger charge is 2.48. The molecule has 0 amide bonds. The first-order chi connectivity index (χ1) is 11.5. The van der Waals surface area contributed by atoms with Gasteiger partial charge in [-0.05, 0) is 18.8 Å². The number of hydrogen-bond acceptors (Lipinski definition) is 3. The van der Waals surface area contributed by atoms with Crippen LogP contribution in [0.2, 0.25) is 0 Å². The Morgan fingerprint density at radius 3 is 2.67 bits per heavy atom. The van der Waals surface area contributed by atoms with E-state index in [1.54, 1.807) is 6.08 Å². The van der Waals surface area contributed by atoms with Crippen LogP contribution in [0.3, 0.4) is 0 Å². The Balaban J connectivity index is 1.93. The van der Waals surface area contributed by atoms with Gasteiger partial charge in [0.15, 0.2) is 6.29 Å². The molecule has 2 aliphatic rings. The molecule has 0 spiro atoms. The Bertz CT molecular complexity index is 400. The van der Waals surface area contributed by atoms with Gasteiger partial charge in [-0.1, -0.05) is 38.8 Å². The topological polar surface area (TPSA) is 38.7 Å². The number of halogens is 2. The zero-order chi connectivity index (χ0) is 17.6. The number of allylic oxidation sites excluding steroid dienone is 1. The summed E-state index contributed by atoms with van der Waals surface area (Å²) in [4.78, 5) is 0. The van der Waals surface area contributed by atoms with Crippen molar-refractivity contribution in [3.05, 3.63) is 12.2 Å². The average molecular weight is 346 g/mol. The maximum absolute atomic E-state index is 13.8. The van der Waals surface area contributed by atoms with E-state index in [9.17, 15) is 13.9 Å². The zero-order valence-corrected chi connectivity index (χ0v) is 14.9. The van der Waals surface area contributed by atoms with E-state index in [4.69, 9.17) is 9.47 Å². The number of aliphatic hydroxyl groups is 1. The Hall–Kier alpha value is -0.520. The van der Waals surface area contributed by atoms with Crippen molar-refractivity contribution in [1.82, 2.24) is 0 Å². The van der Waals surface area contributed by atoms with Crippen LogP contribution in [0.25, 0.3) is 0 Å². The maximum atomic E-state index is 13.8. The third-order valence-electron chi connectivity index (χ3n) is 5.17. The number of hydrogen-bond donors (Lipinski definition) is 1. The predicted molar refractivity (Wildman–Crippen MR) is 90.0 cm³/mol. The fourth-order valence-electron chi connectivity index (χ4n) is 3.80. The van der Waals surface area contributed by atoms with Crippen molar-refractivity contribution in [2.24, 2.45) is 11.8 Å². The summed E-state index contributed by atoms with van der Waals surface area (Å²) in [6.07, 6.45) is 7.23. The van der Waals surface area contributed by atoms with Gasteiger partial charge in [0.1, 0.15) is 0 Å². The molecular formula is C19H32F2O3. The summed E-state index contributed by atoms with van der Waals surface area (Å²) in [5.41, 5.74) is 0. The monoisotopic (exact) mass is 346 g/mol. The molecule has 1 saturated carbocycles. The lowest BCUT2D eigenvalue weighted by Gasteiger charge is -2.21. The lowest BCUT2D eigenvalue weighted by molar-refractivity contribution is -0.0981. The first-order valence-corrected chi connectivity index (χ1v) is 9.46. The van der Waals surface area contributed by atoms with Crippen molar-refractivity contribution in [2.75, 3.05) is 6.61 Å². The van der Waals surface area contributed by atoms with Crippen molar-refractivity contribution in [2.45, 2.75) is 89.6 Å². The quantitative estimate of drug-likeness (QED) is 0.461. The van der Waals surface area contributed by atoms with Crippen LogP contribution in [-0.2, 0) is 9.47 Å². The summed E-state index contributed by atoms with van der Waals surface area (Å²) in [6, 6.07) is 0. The lowest BCUT2D eigenvalue weighted by atomic mass is 9.91. The van der Waals surface area contributed by atoms with Crippen molar-refractivity contribution >= 4 is 0 Å². The van der Waals surface area contributed by atoms with Gasteiger partial charge >= 0.3 is 0 Å². The van der Waals surface area contributed by atoms with Crippen LogP contribution in [-0.4, -0.2) is 36.1 Å². The van der Waals surface area contributed by atoms with Gasteiger partial charge in [-0.25, -0.2) is 8.78 Å². The second-order valence-electron chi connectivity index (χ2n) is 7.20. The Labute approximate surface area is 144 Å². The Morgan fingerprint density at radius 2 is 1.96 bits per heavy atom. The molecule has 24 heavy (non-hydrogen) atoms. The molecule has 140 valence electrons. The highest BCUT2D eigenvalue weighted by atomic mass is 19.3. The van der Waals surface area contributed by atoms with E-state index in [0.29, 0.717) is 19.4 Å². The van der Waals surface area contributed by atoms with Gasteiger partial charge in [0.2, 0.25) is 0 Å². The summed E-state index contributed by atoms with van der Waals surface area (Å²) < 4.78 is 39.1. The predicted octanol–water partition coefficient (Wildman–Crippen LogP) is 4.69. The first-order valence-electron chi connectivity index (χ1n) is 9.46. The van der Waals surface area contributed by atoms with Crippen molar-refractivity contribution in [1.29, 1.82) is 0 Å². The van der Waals surface area contributed by atoms with Crippen LogP contribution in [0.1, 0.15) is 65.2 Å². The molecule has 1 saturated heterocycles. The molecule has 0 aromatic carbocycles. The standard InChI is InChI=1S/C19H32F2O3/c1-3-5-9-19(20,21)10-7-8-14-15-12-18(22)24-17(15)13-16(14)23-11-6-4-2/h7-8,14-18,22H,3-6,9-13H2,1-2H3/b8-7+/t14-,15-,16-,17+,18?/m1/s1. The molecule has 0 bridgehead atoms. The van der Waals surface area contributed by atoms with E-state index in [2.05, 4.69) is 6.92 Å². The second-order valence-corrected chi connectivity index (χ2v) is 7.20. The lowest BCUT2D eigenvalue weighted by Crippen LogP contribution is -2.23. The molecule has 2 fully saturated rings. The molecule has 1 heterocycles. The zero-order valence-electron chi connectivity index (χ0n) is 14.9. The fourth-order valence-corrected chi connectivity index (χ4v) is 3.80. The highest BCUT2D eigenvalue weighted by molar-refractivity contribution is 5.06. The fraction of sp³-hybridized carbons (Fsp3) is 0.895. The van der Waals surface area contributed by atoms with Crippen molar-refractivity contribution in [3.63, 3.8) is 0 Å². The van der Waals surface area contributed by atoms with Gasteiger partial charge < -0.3 is 14.6 Å². The normalized spacial score (nSPS) is 33.5. The van der Waals surface area contributed by atoms with Crippen LogP contribution < -0.4 is 0 Å². The molecule has 1 aliphatic heterocycles. The van der Waals surface area contributed by atoms with Crippen LogP contribution in [0.15, 0.2) is 12.2 Å². The van der Waals surface area contributed by atoms with E-state index in [0.717, 1.165) is 25.7 Å². The van der Waals surface area contributed by atoms with E-state index in [1.165, 1.54) is 0 Å². The smallest absolute Gasteiger partial charge is 0.251 e. The summed E-state index contributed by atoms with van der Waals surface area (Å²) >= 11 is 0. The minimum absolute atomic E-state index is 0.0121. The minimum Gasteiger partial charge on any atom is -0.377 e. The molecule has 5 atom stereocenters. The molecule has 1 aliphatic carbocycles. The van der Waals surface area contributed by atoms with Crippen LogP contribution in [0.5, 0.6) is 0 Å². The van der Waals surface area contributed by atoms with Gasteiger partial charge in [-0.3, -0.25) is 0 Å². The highest BCUT2D eigenvalue weighted by Crippen LogP contribution is 2.45. The minimum atomic E-state index is -2.63. The van der Waals surface area contributed by atoms with Crippen molar-refractivity contribution in [3.8, 4) is 0 Å². The number of aliphatic hydroxyl groups excluding tert-OH is 1. The van der Waals surface area contributed by atoms with Gasteiger partial charge in [0, 0.05) is 38.2 Å². The Kier molecular flexibility index (Phi) is 7.63. The van der Waals surface area contributed by atoms with E-state index < -0.39 is 12.2 Å². The number of ether oxygens (including phenoxy) is 2. The van der Waals surface area contributed by atoms with Crippen LogP contribution >= 0.6 is 0 Å². The first kappa shape index (κ1) is 19.8. The second kappa shape index (κ2) is 9.25. The molecule has 0 aromatic heterocycles. The molecule has 3 nitrogen and oxygen atoms in total. The summed E-state index contributed by atoms with van der Waals surface area (Å²) in [5, 5.41) is 9.70. The van der Waals surface area contributed by atoms with E-state index >= 15 is 0 Å².